The third kappa shape index (κ3) is 3.72. The zero-order chi connectivity index (χ0) is 15.4. The van der Waals surface area contributed by atoms with Gasteiger partial charge in [0.05, 0.1) is 7.11 Å². The molecule has 0 aromatic heterocycles. The topological polar surface area (TPSA) is 26.3 Å². The Bertz CT molecular complexity index is 625. The highest BCUT2D eigenvalue weighted by Crippen LogP contribution is 2.22. The van der Waals surface area contributed by atoms with Crippen molar-refractivity contribution in [3.05, 3.63) is 64.7 Å². The lowest BCUT2D eigenvalue weighted by Gasteiger charge is -2.10. The molecule has 0 spiro atoms. The van der Waals surface area contributed by atoms with E-state index in [1.807, 2.05) is 49.4 Å². The summed E-state index contributed by atoms with van der Waals surface area (Å²) in [6.07, 6.45) is 0.367. The third-order valence-corrected chi connectivity index (χ3v) is 3.69. The molecule has 0 aliphatic rings. The number of benzene rings is 2. The molecule has 0 saturated heterocycles. The lowest BCUT2D eigenvalue weighted by atomic mass is 9.97. The van der Waals surface area contributed by atoms with E-state index in [0.29, 0.717) is 12.3 Å². The maximum Gasteiger partial charge on any atom is 0.167 e. The van der Waals surface area contributed by atoms with Crippen molar-refractivity contribution >= 4 is 5.78 Å². The molecule has 2 nitrogen and oxygen atoms in total. The van der Waals surface area contributed by atoms with Gasteiger partial charge in [-0.1, -0.05) is 55.8 Å². The molecule has 2 aromatic carbocycles. The van der Waals surface area contributed by atoms with E-state index >= 15 is 0 Å². The summed E-state index contributed by atoms with van der Waals surface area (Å²) >= 11 is 0. The predicted molar refractivity (Wildman–Crippen MR) is 86.3 cm³/mol. The number of rotatable bonds is 5. The SMILES string of the molecule is COc1ccc(C)cc1CC(=O)c1ccc(C(C)C)cc1. The number of carbonyl (C=O) groups is 1. The van der Waals surface area contributed by atoms with Crippen molar-refractivity contribution in [2.24, 2.45) is 0 Å². The Balaban J connectivity index is 2.19. The molecule has 21 heavy (non-hydrogen) atoms. The van der Waals surface area contributed by atoms with Crippen LogP contribution >= 0.6 is 0 Å². The minimum absolute atomic E-state index is 0.120. The predicted octanol–water partition coefficient (Wildman–Crippen LogP) is 4.55. The summed E-state index contributed by atoms with van der Waals surface area (Å²) in [6.45, 7) is 6.31. The zero-order valence-corrected chi connectivity index (χ0v) is 13.1. The van der Waals surface area contributed by atoms with Crippen molar-refractivity contribution in [3.63, 3.8) is 0 Å². The highest BCUT2D eigenvalue weighted by molar-refractivity contribution is 5.97. The second kappa shape index (κ2) is 6.57. The summed E-state index contributed by atoms with van der Waals surface area (Å²) in [5, 5.41) is 0. The van der Waals surface area contributed by atoms with E-state index in [-0.39, 0.29) is 5.78 Å². The maximum absolute atomic E-state index is 12.4. The summed E-state index contributed by atoms with van der Waals surface area (Å²) < 4.78 is 5.34. The van der Waals surface area contributed by atoms with Gasteiger partial charge >= 0.3 is 0 Å². The van der Waals surface area contributed by atoms with E-state index in [2.05, 4.69) is 13.8 Å². The van der Waals surface area contributed by atoms with Crippen LogP contribution in [-0.4, -0.2) is 12.9 Å². The van der Waals surface area contributed by atoms with Crippen molar-refractivity contribution in [1.29, 1.82) is 0 Å². The van der Waals surface area contributed by atoms with Gasteiger partial charge in [-0.2, -0.15) is 0 Å². The fraction of sp³-hybridized carbons (Fsp3) is 0.316. The number of methoxy groups -OCH3 is 1. The van der Waals surface area contributed by atoms with E-state index in [4.69, 9.17) is 4.74 Å². The fourth-order valence-electron chi connectivity index (χ4n) is 2.37. The van der Waals surface area contributed by atoms with Gasteiger partial charge in [-0.05, 0) is 24.5 Å². The molecule has 0 fully saturated rings. The number of hydrogen-bond donors (Lipinski definition) is 0. The van der Waals surface area contributed by atoms with Gasteiger partial charge in [0, 0.05) is 17.5 Å². The Morgan fingerprint density at radius 2 is 1.76 bits per heavy atom. The van der Waals surface area contributed by atoms with Crippen LogP contribution in [0.5, 0.6) is 5.75 Å². The van der Waals surface area contributed by atoms with Crippen molar-refractivity contribution < 1.29 is 9.53 Å². The minimum Gasteiger partial charge on any atom is -0.496 e. The van der Waals surface area contributed by atoms with Crippen LogP contribution in [0, 0.1) is 6.92 Å². The number of Topliss-reactive ketones (excluding diaryl/α,β-unsaturated/α-hetero) is 1. The molecule has 0 amide bonds. The van der Waals surface area contributed by atoms with Crippen molar-refractivity contribution in [2.45, 2.75) is 33.1 Å². The smallest absolute Gasteiger partial charge is 0.167 e. The number of ether oxygens (including phenoxy) is 1. The van der Waals surface area contributed by atoms with Crippen molar-refractivity contribution in [1.82, 2.24) is 0 Å². The van der Waals surface area contributed by atoms with Crippen molar-refractivity contribution in [3.8, 4) is 5.75 Å². The van der Waals surface area contributed by atoms with Crippen molar-refractivity contribution in [2.75, 3.05) is 7.11 Å². The Hall–Kier alpha value is -2.09. The molecular formula is C19H22O2. The molecule has 0 unspecified atom stereocenters. The van der Waals surface area contributed by atoms with Crippen LogP contribution in [0.3, 0.4) is 0 Å². The minimum atomic E-state index is 0.120. The molecule has 0 bridgehead atoms. The fourth-order valence-corrected chi connectivity index (χ4v) is 2.37. The van der Waals surface area contributed by atoms with Gasteiger partial charge in [0.2, 0.25) is 0 Å². The van der Waals surface area contributed by atoms with E-state index in [9.17, 15) is 4.79 Å². The number of aryl methyl sites for hydroxylation is 1. The molecule has 2 aromatic rings. The quantitative estimate of drug-likeness (QED) is 0.752. The standard InChI is InChI=1S/C19H22O2/c1-13(2)15-6-8-16(9-7-15)18(20)12-17-11-14(3)5-10-19(17)21-4/h5-11,13H,12H2,1-4H3. The monoisotopic (exact) mass is 282 g/mol. The second-order valence-electron chi connectivity index (χ2n) is 5.69. The Kier molecular flexibility index (Phi) is 4.79. The van der Waals surface area contributed by atoms with E-state index in [1.165, 1.54) is 5.56 Å². The number of carbonyl (C=O) groups excluding carboxylic acids is 1. The molecular weight excluding hydrogens is 260 g/mol. The Labute approximate surface area is 126 Å². The van der Waals surface area contributed by atoms with Gasteiger partial charge in [0.1, 0.15) is 5.75 Å². The molecule has 0 saturated carbocycles. The molecule has 2 heteroatoms. The van der Waals surface area contributed by atoms with Crippen LogP contribution in [0.2, 0.25) is 0 Å². The summed E-state index contributed by atoms with van der Waals surface area (Å²) in [4.78, 5) is 12.4. The van der Waals surface area contributed by atoms with Crippen LogP contribution in [0.1, 0.15) is 46.8 Å². The number of ketones is 1. The van der Waals surface area contributed by atoms with Crippen LogP contribution < -0.4 is 4.74 Å². The largest absolute Gasteiger partial charge is 0.496 e. The molecule has 0 aliphatic carbocycles. The van der Waals surface area contributed by atoms with E-state index < -0.39 is 0 Å². The molecule has 110 valence electrons. The van der Waals surface area contributed by atoms with Gasteiger partial charge in [-0.3, -0.25) is 4.79 Å². The third-order valence-electron chi connectivity index (χ3n) is 3.69. The van der Waals surface area contributed by atoms with E-state index in [0.717, 1.165) is 22.4 Å². The van der Waals surface area contributed by atoms with E-state index in [1.54, 1.807) is 7.11 Å². The van der Waals surface area contributed by atoms with Gasteiger partial charge in [0.25, 0.3) is 0 Å². The first kappa shape index (κ1) is 15.3. The molecule has 2 rings (SSSR count). The van der Waals surface area contributed by atoms with Crippen LogP contribution in [0.15, 0.2) is 42.5 Å². The lowest BCUT2D eigenvalue weighted by Crippen LogP contribution is -2.05. The maximum atomic E-state index is 12.4. The summed E-state index contributed by atoms with van der Waals surface area (Å²) in [5.41, 5.74) is 4.08. The molecule has 0 atom stereocenters. The van der Waals surface area contributed by atoms with Gasteiger partial charge in [-0.25, -0.2) is 0 Å². The Morgan fingerprint density at radius 3 is 2.33 bits per heavy atom. The highest BCUT2D eigenvalue weighted by atomic mass is 16.5. The van der Waals surface area contributed by atoms with Gasteiger partial charge in [0.15, 0.2) is 5.78 Å². The summed E-state index contributed by atoms with van der Waals surface area (Å²) in [6, 6.07) is 13.8. The summed E-state index contributed by atoms with van der Waals surface area (Å²) in [7, 11) is 1.63. The average Bonchev–Trinajstić information content (AvgIpc) is 2.47. The number of hydrogen-bond acceptors (Lipinski definition) is 2. The molecule has 0 N–H and O–H groups in total. The first-order chi connectivity index (χ1) is 10.0. The summed E-state index contributed by atoms with van der Waals surface area (Å²) in [5.74, 6) is 1.37. The molecule has 0 heterocycles. The van der Waals surface area contributed by atoms with Crippen LogP contribution in [0.25, 0.3) is 0 Å². The first-order valence-electron chi connectivity index (χ1n) is 7.28. The van der Waals surface area contributed by atoms with Gasteiger partial charge < -0.3 is 4.74 Å². The van der Waals surface area contributed by atoms with Crippen LogP contribution in [0.4, 0.5) is 0 Å². The normalized spacial score (nSPS) is 10.7. The first-order valence-corrected chi connectivity index (χ1v) is 7.28. The highest BCUT2D eigenvalue weighted by Gasteiger charge is 2.11. The van der Waals surface area contributed by atoms with Crippen LogP contribution in [-0.2, 0) is 6.42 Å². The Morgan fingerprint density at radius 1 is 1.10 bits per heavy atom. The second-order valence-corrected chi connectivity index (χ2v) is 5.69. The molecule has 0 aliphatic heterocycles. The van der Waals surface area contributed by atoms with Gasteiger partial charge in [-0.15, -0.1) is 0 Å². The zero-order valence-electron chi connectivity index (χ0n) is 13.1. The molecule has 0 radical (unpaired) electrons. The average molecular weight is 282 g/mol. The lowest BCUT2D eigenvalue weighted by molar-refractivity contribution is 0.0992.